The summed E-state index contributed by atoms with van der Waals surface area (Å²) in [6, 6.07) is 16.5. The van der Waals surface area contributed by atoms with Gasteiger partial charge in [-0.25, -0.2) is 0 Å². The number of amides is 1. The lowest BCUT2D eigenvalue weighted by atomic mass is 10.1. The van der Waals surface area contributed by atoms with Crippen LogP contribution in [-0.4, -0.2) is 16.1 Å². The number of ketones is 1. The number of benzene rings is 1. The Morgan fingerprint density at radius 1 is 1.04 bits per heavy atom. The van der Waals surface area contributed by atoms with Gasteiger partial charge in [0.2, 0.25) is 5.78 Å². The van der Waals surface area contributed by atoms with Gasteiger partial charge in [0.1, 0.15) is 5.69 Å². The molecule has 1 aromatic carbocycles. The predicted octanol–water partition coefficient (Wildman–Crippen LogP) is 4.37. The molecule has 0 aliphatic carbocycles. The normalized spacial score (nSPS) is 10.9. The van der Waals surface area contributed by atoms with Crippen LogP contribution in [0.15, 0.2) is 66.2 Å². The number of carbonyl (C=O) groups excluding carboxylic acids is 2. The van der Waals surface area contributed by atoms with E-state index < -0.39 is 0 Å². The molecule has 0 saturated heterocycles. The van der Waals surface area contributed by atoms with E-state index in [9.17, 15) is 9.59 Å². The third kappa shape index (κ3) is 3.00. The molecular formula is C21H17N3O2S. The fourth-order valence-electron chi connectivity index (χ4n) is 3.05. The van der Waals surface area contributed by atoms with Crippen LogP contribution in [0.25, 0.3) is 5.52 Å². The number of hydrogen-bond acceptors (Lipinski definition) is 4. The molecule has 0 unspecified atom stereocenters. The maximum absolute atomic E-state index is 13.0. The predicted molar refractivity (Wildman–Crippen MR) is 109 cm³/mol. The van der Waals surface area contributed by atoms with E-state index in [1.165, 1.54) is 11.3 Å². The van der Waals surface area contributed by atoms with Gasteiger partial charge in [-0.3, -0.25) is 9.59 Å². The van der Waals surface area contributed by atoms with Gasteiger partial charge in [-0.2, -0.15) is 0 Å². The molecule has 0 bridgehead atoms. The maximum atomic E-state index is 13.0. The summed E-state index contributed by atoms with van der Waals surface area (Å²) in [5.41, 5.74) is 9.47. The molecule has 27 heavy (non-hydrogen) atoms. The Hall–Kier alpha value is -3.38. The second kappa shape index (κ2) is 6.74. The van der Waals surface area contributed by atoms with Crippen LogP contribution in [0.2, 0.25) is 0 Å². The number of rotatable bonds is 4. The number of nitrogens with one attached hydrogen (secondary N) is 1. The van der Waals surface area contributed by atoms with E-state index in [1.807, 2.05) is 48.7 Å². The summed E-state index contributed by atoms with van der Waals surface area (Å²) < 4.78 is 1.68. The maximum Gasteiger partial charge on any atom is 0.259 e. The van der Waals surface area contributed by atoms with E-state index in [2.05, 4.69) is 5.32 Å². The number of aryl methyl sites for hydroxylation is 1. The summed E-state index contributed by atoms with van der Waals surface area (Å²) in [4.78, 5) is 26.5. The first-order chi connectivity index (χ1) is 13.1. The standard InChI is InChI=1S/C21H17N3O2S/c1-13-7-9-14(10-8-13)23-21(26)17-15-5-2-3-11-24(15)19(18(17)22)20(25)16-6-4-12-27-16/h2-12H,22H2,1H3,(H,23,26). The van der Waals surface area contributed by atoms with Crippen molar-refractivity contribution in [3.63, 3.8) is 0 Å². The van der Waals surface area contributed by atoms with Crippen LogP contribution < -0.4 is 11.1 Å². The van der Waals surface area contributed by atoms with Crippen LogP contribution in [0, 0.1) is 6.92 Å². The van der Waals surface area contributed by atoms with Gasteiger partial charge >= 0.3 is 0 Å². The Morgan fingerprint density at radius 3 is 2.52 bits per heavy atom. The molecule has 3 heterocycles. The minimum atomic E-state index is -0.342. The van der Waals surface area contributed by atoms with Crippen LogP contribution in [0.4, 0.5) is 11.4 Å². The summed E-state index contributed by atoms with van der Waals surface area (Å²) in [5, 5.41) is 4.70. The SMILES string of the molecule is Cc1ccc(NC(=O)c2c(N)c(C(=O)c3cccs3)n3ccccc23)cc1. The highest BCUT2D eigenvalue weighted by Gasteiger charge is 2.26. The summed E-state index contributed by atoms with van der Waals surface area (Å²) in [6.07, 6.45) is 1.75. The fraction of sp³-hybridized carbons (Fsp3) is 0.0476. The highest BCUT2D eigenvalue weighted by Crippen LogP contribution is 2.30. The number of hydrogen-bond donors (Lipinski definition) is 2. The molecule has 6 heteroatoms. The van der Waals surface area contributed by atoms with Gasteiger partial charge in [-0.1, -0.05) is 29.8 Å². The minimum absolute atomic E-state index is 0.184. The zero-order valence-corrected chi connectivity index (χ0v) is 15.4. The van der Waals surface area contributed by atoms with Crippen molar-refractivity contribution in [2.45, 2.75) is 6.92 Å². The molecule has 0 aliphatic heterocycles. The van der Waals surface area contributed by atoms with Crippen molar-refractivity contribution in [2.24, 2.45) is 0 Å². The summed E-state index contributed by atoms with van der Waals surface area (Å²) in [6.45, 7) is 1.98. The van der Waals surface area contributed by atoms with Crippen molar-refractivity contribution in [1.29, 1.82) is 0 Å². The lowest BCUT2D eigenvalue weighted by Crippen LogP contribution is -2.14. The molecule has 0 fully saturated rings. The van der Waals surface area contributed by atoms with Crippen LogP contribution in [-0.2, 0) is 0 Å². The van der Waals surface area contributed by atoms with Crippen molar-refractivity contribution in [1.82, 2.24) is 4.40 Å². The molecule has 3 aromatic heterocycles. The molecule has 4 rings (SSSR count). The van der Waals surface area contributed by atoms with Gasteiger partial charge in [-0.15, -0.1) is 11.3 Å². The Morgan fingerprint density at radius 2 is 1.81 bits per heavy atom. The number of nitrogen functional groups attached to an aromatic ring is 1. The Kier molecular flexibility index (Phi) is 4.25. The van der Waals surface area contributed by atoms with Gasteiger partial charge in [0.05, 0.1) is 21.6 Å². The van der Waals surface area contributed by atoms with E-state index in [-0.39, 0.29) is 17.4 Å². The lowest BCUT2D eigenvalue weighted by molar-refractivity contribution is 0.102. The first-order valence-corrected chi connectivity index (χ1v) is 9.29. The lowest BCUT2D eigenvalue weighted by Gasteiger charge is -2.06. The Balaban J connectivity index is 1.81. The Bertz CT molecular complexity index is 1140. The smallest absolute Gasteiger partial charge is 0.259 e. The van der Waals surface area contributed by atoms with Crippen molar-refractivity contribution >= 4 is 39.9 Å². The van der Waals surface area contributed by atoms with Crippen LogP contribution >= 0.6 is 11.3 Å². The van der Waals surface area contributed by atoms with Crippen LogP contribution in [0.3, 0.4) is 0 Å². The molecule has 3 N–H and O–H groups in total. The second-order valence-electron chi connectivity index (χ2n) is 6.22. The first-order valence-electron chi connectivity index (χ1n) is 8.41. The summed E-state index contributed by atoms with van der Waals surface area (Å²) in [5.74, 6) is -0.539. The average molecular weight is 375 g/mol. The molecule has 0 spiro atoms. The zero-order valence-electron chi connectivity index (χ0n) is 14.6. The number of nitrogens with two attached hydrogens (primary N) is 1. The number of fused-ring (bicyclic) bond motifs is 1. The second-order valence-corrected chi connectivity index (χ2v) is 7.17. The molecule has 4 aromatic rings. The molecule has 5 nitrogen and oxygen atoms in total. The Labute approximate surface area is 160 Å². The quantitative estimate of drug-likeness (QED) is 0.520. The number of pyridine rings is 1. The van der Waals surface area contributed by atoms with Crippen molar-refractivity contribution in [3.8, 4) is 0 Å². The molecular weight excluding hydrogens is 358 g/mol. The van der Waals surface area contributed by atoms with Gasteiger partial charge in [-0.05, 0) is 42.6 Å². The number of thiophene rings is 1. The third-order valence-electron chi connectivity index (χ3n) is 4.38. The molecule has 134 valence electrons. The summed E-state index contributed by atoms with van der Waals surface area (Å²) >= 11 is 1.35. The summed E-state index contributed by atoms with van der Waals surface area (Å²) in [7, 11) is 0. The van der Waals surface area contributed by atoms with Crippen molar-refractivity contribution in [2.75, 3.05) is 11.1 Å². The molecule has 0 aliphatic rings. The van der Waals surface area contributed by atoms with Crippen LogP contribution in [0.1, 0.15) is 31.3 Å². The van der Waals surface area contributed by atoms with E-state index in [1.54, 1.807) is 28.8 Å². The average Bonchev–Trinajstić information content (AvgIpc) is 3.29. The number of aromatic nitrogens is 1. The fourth-order valence-corrected chi connectivity index (χ4v) is 3.72. The molecule has 0 saturated carbocycles. The molecule has 0 atom stereocenters. The van der Waals surface area contributed by atoms with Gasteiger partial charge in [0.15, 0.2) is 0 Å². The van der Waals surface area contributed by atoms with Crippen molar-refractivity contribution < 1.29 is 9.59 Å². The van der Waals surface area contributed by atoms with Crippen LogP contribution in [0.5, 0.6) is 0 Å². The van der Waals surface area contributed by atoms with E-state index >= 15 is 0 Å². The highest BCUT2D eigenvalue weighted by atomic mass is 32.1. The minimum Gasteiger partial charge on any atom is -0.396 e. The highest BCUT2D eigenvalue weighted by molar-refractivity contribution is 7.12. The monoisotopic (exact) mass is 375 g/mol. The third-order valence-corrected chi connectivity index (χ3v) is 5.25. The van der Waals surface area contributed by atoms with Crippen molar-refractivity contribution in [3.05, 3.63) is 87.9 Å². The van der Waals surface area contributed by atoms with Gasteiger partial charge in [0, 0.05) is 11.9 Å². The van der Waals surface area contributed by atoms with Gasteiger partial charge in [0.25, 0.3) is 5.91 Å². The zero-order chi connectivity index (χ0) is 19.0. The van der Waals surface area contributed by atoms with E-state index in [0.717, 1.165) is 5.56 Å². The topological polar surface area (TPSA) is 76.6 Å². The number of carbonyl (C=O) groups is 2. The first kappa shape index (κ1) is 17.1. The number of anilines is 2. The largest absolute Gasteiger partial charge is 0.396 e. The molecule has 0 radical (unpaired) electrons. The van der Waals surface area contributed by atoms with Gasteiger partial charge < -0.3 is 15.5 Å². The molecule has 1 amide bonds. The van der Waals surface area contributed by atoms with E-state index in [0.29, 0.717) is 27.3 Å². The van der Waals surface area contributed by atoms with E-state index in [4.69, 9.17) is 5.73 Å². The number of nitrogens with zero attached hydrogens (tertiary/aromatic N) is 1.